The maximum atomic E-state index is 4.85. The van der Waals surface area contributed by atoms with E-state index >= 15 is 0 Å². The minimum absolute atomic E-state index is 0.0767. The number of benzene rings is 3. The van der Waals surface area contributed by atoms with E-state index in [-0.39, 0.29) is 11.6 Å². The zero-order chi connectivity index (χ0) is 22.5. The fourth-order valence-corrected chi connectivity index (χ4v) is 6.55. The Balaban J connectivity index is 1.53. The molecule has 2 unspecified atom stereocenters. The van der Waals surface area contributed by atoms with Crippen molar-refractivity contribution in [2.24, 2.45) is 0 Å². The minimum Gasteiger partial charge on any atom is -0.301 e. The molecule has 4 heteroatoms. The predicted octanol–water partition coefficient (Wildman–Crippen LogP) is 6.51. The third-order valence-electron chi connectivity index (χ3n) is 7.74. The van der Waals surface area contributed by atoms with E-state index < -0.39 is 0 Å². The molecular weight excluding hydrogens is 404 g/mol. The number of anilines is 4. The summed E-state index contributed by atoms with van der Waals surface area (Å²) in [5.74, 6) is 1.89. The molecule has 4 nitrogen and oxygen atoms in total. The summed E-state index contributed by atoms with van der Waals surface area (Å²) < 4.78 is 0. The molecule has 0 amide bonds. The van der Waals surface area contributed by atoms with Crippen LogP contribution in [-0.4, -0.2) is 16.1 Å². The smallest absolute Gasteiger partial charge is 0.178 e. The van der Waals surface area contributed by atoms with Crippen LogP contribution in [0.25, 0.3) is 11.1 Å². The monoisotopic (exact) mass is 430 g/mol. The van der Waals surface area contributed by atoms with Crippen molar-refractivity contribution in [3.63, 3.8) is 0 Å². The van der Waals surface area contributed by atoms with Crippen molar-refractivity contribution in [3.05, 3.63) is 94.8 Å². The second-order valence-corrected chi connectivity index (χ2v) is 10.1. The lowest BCUT2D eigenvalue weighted by Gasteiger charge is -2.39. The van der Waals surface area contributed by atoms with E-state index in [1.165, 1.54) is 50.3 Å². The SMILES string of the molecule is Cc1cc(C)cc(N2c3nccnc3N3c4ccc5cc4C(C)(Cc4cccc(C)c4-5)C23)c1. The highest BCUT2D eigenvalue weighted by molar-refractivity contribution is 5.91. The van der Waals surface area contributed by atoms with Crippen LogP contribution in [0.2, 0.25) is 0 Å². The molecule has 7 rings (SSSR count). The number of hydrogen-bond acceptors (Lipinski definition) is 4. The summed E-state index contributed by atoms with van der Waals surface area (Å²) >= 11 is 0. The molecule has 0 saturated heterocycles. The molecule has 1 aromatic heterocycles. The third-order valence-corrected chi connectivity index (χ3v) is 7.74. The third kappa shape index (κ3) is 2.36. The molecule has 0 spiro atoms. The van der Waals surface area contributed by atoms with Gasteiger partial charge < -0.3 is 9.80 Å². The van der Waals surface area contributed by atoms with E-state index in [2.05, 4.69) is 92.1 Å². The Morgan fingerprint density at radius 2 is 1.58 bits per heavy atom. The Hall–Kier alpha value is -3.66. The fourth-order valence-electron chi connectivity index (χ4n) is 6.55. The highest BCUT2D eigenvalue weighted by atomic mass is 15.5. The number of fused-ring (bicyclic) bond motifs is 8. The van der Waals surface area contributed by atoms with Gasteiger partial charge in [0, 0.05) is 29.2 Å². The molecule has 0 fully saturated rings. The van der Waals surface area contributed by atoms with E-state index in [0.717, 1.165) is 18.1 Å². The Kier molecular flexibility index (Phi) is 3.56. The van der Waals surface area contributed by atoms with Crippen molar-refractivity contribution < 1.29 is 0 Å². The Labute approximate surface area is 194 Å². The van der Waals surface area contributed by atoms with Crippen molar-refractivity contribution in [1.29, 1.82) is 0 Å². The molecule has 0 saturated carbocycles. The van der Waals surface area contributed by atoms with Crippen LogP contribution in [0.4, 0.5) is 23.0 Å². The number of rotatable bonds is 1. The highest BCUT2D eigenvalue weighted by Gasteiger charge is 2.57. The first-order valence-electron chi connectivity index (χ1n) is 11.7. The normalized spacial score (nSPS) is 21.5. The average Bonchev–Trinajstić information content (AvgIpc) is 3.22. The summed E-state index contributed by atoms with van der Waals surface area (Å²) in [7, 11) is 0. The molecule has 33 heavy (non-hydrogen) atoms. The van der Waals surface area contributed by atoms with Crippen molar-refractivity contribution in [1.82, 2.24) is 9.97 Å². The van der Waals surface area contributed by atoms with Crippen LogP contribution in [-0.2, 0) is 11.8 Å². The zero-order valence-corrected chi connectivity index (χ0v) is 19.4. The lowest BCUT2D eigenvalue weighted by atomic mass is 9.77. The molecule has 3 aromatic carbocycles. The van der Waals surface area contributed by atoms with E-state index in [4.69, 9.17) is 9.97 Å². The van der Waals surface area contributed by atoms with E-state index in [9.17, 15) is 0 Å². The van der Waals surface area contributed by atoms with Crippen LogP contribution in [0.1, 0.15) is 34.7 Å². The topological polar surface area (TPSA) is 32.3 Å². The first-order chi connectivity index (χ1) is 16.0. The van der Waals surface area contributed by atoms with Gasteiger partial charge in [-0.3, -0.25) is 0 Å². The summed E-state index contributed by atoms with van der Waals surface area (Å²) in [4.78, 5) is 14.6. The van der Waals surface area contributed by atoms with E-state index in [1.807, 2.05) is 12.4 Å². The predicted molar refractivity (Wildman–Crippen MR) is 134 cm³/mol. The van der Waals surface area contributed by atoms with Crippen LogP contribution in [0.3, 0.4) is 0 Å². The van der Waals surface area contributed by atoms with Gasteiger partial charge in [0.1, 0.15) is 6.17 Å². The summed E-state index contributed by atoms with van der Waals surface area (Å²) in [6.07, 6.45) is 4.68. The van der Waals surface area contributed by atoms with Gasteiger partial charge in [0.15, 0.2) is 11.6 Å². The van der Waals surface area contributed by atoms with Crippen molar-refractivity contribution in [3.8, 4) is 11.1 Å². The summed E-state index contributed by atoms with van der Waals surface area (Å²) in [6, 6.07) is 20.6. The number of nitrogens with zero attached hydrogens (tertiary/aromatic N) is 4. The molecule has 2 bridgehead atoms. The van der Waals surface area contributed by atoms with Gasteiger partial charge in [-0.05, 0) is 90.4 Å². The maximum Gasteiger partial charge on any atom is 0.178 e. The number of hydrogen-bond donors (Lipinski definition) is 0. The van der Waals surface area contributed by atoms with Gasteiger partial charge in [-0.1, -0.05) is 37.3 Å². The molecule has 2 aliphatic heterocycles. The van der Waals surface area contributed by atoms with Crippen LogP contribution >= 0.6 is 0 Å². The van der Waals surface area contributed by atoms with E-state index in [0.29, 0.717) is 0 Å². The summed E-state index contributed by atoms with van der Waals surface area (Å²) in [6.45, 7) is 9.00. The van der Waals surface area contributed by atoms with Gasteiger partial charge >= 0.3 is 0 Å². The van der Waals surface area contributed by atoms with Crippen LogP contribution in [0.15, 0.2) is 67.0 Å². The van der Waals surface area contributed by atoms with Gasteiger partial charge in [-0.15, -0.1) is 0 Å². The lowest BCUT2D eigenvalue weighted by molar-refractivity contribution is 0.408. The largest absolute Gasteiger partial charge is 0.301 e. The second kappa shape index (κ2) is 6.22. The van der Waals surface area contributed by atoms with Crippen LogP contribution < -0.4 is 9.80 Å². The molecular formula is C29H26N4. The van der Waals surface area contributed by atoms with Crippen LogP contribution in [0, 0.1) is 20.8 Å². The first-order valence-corrected chi connectivity index (χ1v) is 11.7. The summed E-state index contributed by atoms with van der Waals surface area (Å²) in [5.41, 5.74) is 11.7. The highest BCUT2D eigenvalue weighted by Crippen LogP contribution is 2.60. The quantitative estimate of drug-likeness (QED) is 0.344. The second-order valence-electron chi connectivity index (χ2n) is 10.1. The lowest BCUT2D eigenvalue weighted by Crippen LogP contribution is -2.49. The summed E-state index contributed by atoms with van der Waals surface area (Å²) in [5, 5.41) is 0. The number of aromatic nitrogens is 2. The Morgan fingerprint density at radius 3 is 2.33 bits per heavy atom. The van der Waals surface area contributed by atoms with Crippen molar-refractivity contribution in [2.75, 3.05) is 9.80 Å². The molecule has 0 N–H and O–H groups in total. The van der Waals surface area contributed by atoms with Crippen molar-refractivity contribution in [2.45, 2.75) is 45.7 Å². The first kappa shape index (κ1) is 18.9. The standard InChI is InChI=1S/C29H26N4/c1-17-12-18(2)14-22(13-17)32-26-27(31-11-10-30-26)33-24-9-8-20-15-23(24)29(4,28(32)33)16-21-7-5-6-19(3)25(20)21/h5-15,28H,16H2,1-4H3. The van der Waals surface area contributed by atoms with Gasteiger partial charge in [-0.25, -0.2) is 9.97 Å². The number of aryl methyl sites for hydroxylation is 3. The Morgan fingerprint density at radius 1 is 0.848 bits per heavy atom. The zero-order valence-electron chi connectivity index (χ0n) is 19.4. The minimum atomic E-state index is -0.121. The molecule has 3 heterocycles. The van der Waals surface area contributed by atoms with Gasteiger partial charge in [-0.2, -0.15) is 0 Å². The van der Waals surface area contributed by atoms with Crippen molar-refractivity contribution >= 4 is 23.0 Å². The maximum absolute atomic E-state index is 4.85. The van der Waals surface area contributed by atoms with E-state index in [1.54, 1.807) is 0 Å². The molecule has 3 aliphatic rings. The molecule has 4 aromatic rings. The molecule has 0 radical (unpaired) electrons. The molecule has 162 valence electrons. The Bertz CT molecular complexity index is 1450. The fraction of sp³-hybridized carbons (Fsp3) is 0.241. The average molecular weight is 431 g/mol. The van der Waals surface area contributed by atoms with Gasteiger partial charge in [0.05, 0.1) is 0 Å². The van der Waals surface area contributed by atoms with Gasteiger partial charge in [0.2, 0.25) is 0 Å². The van der Waals surface area contributed by atoms with Crippen LogP contribution in [0.5, 0.6) is 0 Å². The molecule has 2 atom stereocenters. The van der Waals surface area contributed by atoms with Gasteiger partial charge in [0.25, 0.3) is 0 Å². The molecule has 1 aliphatic carbocycles.